The Bertz CT molecular complexity index is 199. The van der Waals surface area contributed by atoms with Gasteiger partial charge in [-0.1, -0.05) is 34.6 Å². The molecule has 0 fully saturated rings. The van der Waals surface area contributed by atoms with Crippen LogP contribution in [-0.2, 0) is 6.42 Å². The molecule has 0 unspecified atom stereocenters. The molecule has 0 aliphatic carbocycles. The number of hydrogen-bond acceptors (Lipinski definition) is 1. The zero-order valence-corrected chi connectivity index (χ0v) is 8.85. The van der Waals surface area contributed by atoms with E-state index in [2.05, 4.69) is 32.9 Å². The van der Waals surface area contributed by atoms with E-state index < -0.39 is 0 Å². The van der Waals surface area contributed by atoms with Crippen LogP contribution in [0.5, 0.6) is 0 Å². The zero-order chi connectivity index (χ0) is 9.56. The maximum atomic E-state index is 5.49. The van der Waals surface area contributed by atoms with Crippen LogP contribution in [-0.4, -0.2) is 0 Å². The molecule has 0 spiro atoms. The van der Waals surface area contributed by atoms with Crippen molar-refractivity contribution in [2.75, 3.05) is 0 Å². The Morgan fingerprint density at radius 2 is 1.83 bits per heavy atom. The lowest BCUT2D eigenvalue weighted by molar-refractivity contribution is 0.451. The Labute approximate surface area is 75.8 Å². The lowest BCUT2D eigenvalue weighted by Crippen LogP contribution is -1.80. The van der Waals surface area contributed by atoms with Gasteiger partial charge in [0.15, 0.2) is 0 Å². The summed E-state index contributed by atoms with van der Waals surface area (Å²) in [4.78, 5) is 0. The van der Waals surface area contributed by atoms with Crippen LogP contribution in [0.25, 0.3) is 0 Å². The summed E-state index contributed by atoms with van der Waals surface area (Å²) in [5.74, 6) is 2.70. The second-order valence-corrected chi connectivity index (χ2v) is 2.81. The molecular formula is C11H20O. The fraction of sp³-hybridized carbons (Fsp3) is 0.636. The van der Waals surface area contributed by atoms with Crippen molar-refractivity contribution in [3.05, 3.63) is 23.7 Å². The Balaban J connectivity index is 0.000000561. The molecule has 0 amide bonds. The van der Waals surface area contributed by atoms with Gasteiger partial charge in [0.25, 0.3) is 0 Å². The summed E-state index contributed by atoms with van der Waals surface area (Å²) in [7, 11) is 0. The fourth-order valence-electron chi connectivity index (χ4n) is 0.895. The molecule has 0 aliphatic rings. The molecule has 0 aromatic carbocycles. The van der Waals surface area contributed by atoms with E-state index in [-0.39, 0.29) is 0 Å². The van der Waals surface area contributed by atoms with Gasteiger partial charge >= 0.3 is 0 Å². The van der Waals surface area contributed by atoms with E-state index in [1.807, 2.05) is 13.8 Å². The molecule has 0 aliphatic heterocycles. The third kappa shape index (κ3) is 3.12. The predicted molar refractivity (Wildman–Crippen MR) is 53.5 cm³/mol. The Kier molecular flexibility index (Phi) is 5.52. The second-order valence-electron chi connectivity index (χ2n) is 2.81. The first-order chi connectivity index (χ1) is 5.74. The Morgan fingerprint density at radius 1 is 1.25 bits per heavy atom. The van der Waals surface area contributed by atoms with E-state index in [1.54, 1.807) is 0 Å². The second kappa shape index (κ2) is 5.87. The molecule has 0 saturated heterocycles. The van der Waals surface area contributed by atoms with Gasteiger partial charge in [-0.15, -0.1) is 0 Å². The third-order valence-corrected chi connectivity index (χ3v) is 1.60. The van der Waals surface area contributed by atoms with Crippen molar-refractivity contribution in [2.45, 2.75) is 47.0 Å². The molecule has 0 bridgehead atoms. The van der Waals surface area contributed by atoms with Crippen molar-refractivity contribution in [1.29, 1.82) is 0 Å². The van der Waals surface area contributed by atoms with Crippen LogP contribution >= 0.6 is 0 Å². The van der Waals surface area contributed by atoms with Crippen LogP contribution in [0, 0.1) is 0 Å². The molecule has 1 heteroatoms. The minimum Gasteiger partial charge on any atom is -0.466 e. The normalized spacial score (nSPS) is 9.50. The minimum absolute atomic E-state index is 0.514. The molecule has 0 N–H and O–H groups in total. The first-order valence-corrected chi connectivity index (χ1v) is 4.82. The van der Waals surface area contributed by atoms with E-state index in [1.165, 1.54) is 0 Å². The first kappa shape index (κ1) is 11.3. The molecule has 0 radical (unpaired) electrons. The van der Waals surface area contributed by atoms with Crippen molar-refractivity contribution in [3.8, 4) is 0 Å². The van der Waals surface area contributed by atoms with Gasteiger partial charge < -0.3 is 4.42 Å². The first-order valence-electron chi connectivity index (χ1n) is 4.82. The van der Waals surface area contributed by atoms with Crippen molar-refractivity contribution in [2.24, 2.45) is 0 Å². The summed E-state index contributed by atoms with van der Waals surface area (Å²) < 4.78 is 5.49. The summed E-state index contributed by atoms with van der Waals surface area (Å²) in [5.41, 5.74) is 0. The van der Waals surface area contributed by atoms with Crippen LogP contribution < -0.4 is 0 Å². The maximum absolute atomic E-state index is 5.49. The molecule has 1 aromatic rings. The van der Waals surface area contributed by atoms with Gasteiger partial charge in [0, 0.05) is 12.3 Å². The zero-order valence-electron chi connectivity index (χ0n) is 8.85. The summed E-state index contributed by atoms with van der Waals surface area (Å²) in [5, 5.41) is 0. The Morgan fingerprint density at radius 3 is 2.08 bits per heavy atom. The maximum Gasteiger partial charge on any atom is 0.106 e. The van der Waals surface area contributed by atoms with E-state index >= 15 is 0 Å². The van der Waals surface area contributed by atoms with Crippen LogP contribution in [0.2, 0.25) is 0 Å². The van der Waals surface area contributed by atoms with E-state index in [0.717, 1.165) is 17.9 Å². The van der Waals surface area contributed by atoms with Gasteiger partial charge in [-0.25, -0.2) is 0 Å². The SMILES string of the molecule is CC.CCc1ccc(C(C)C)o1. The summed E-state index contributed by atoms with van der Waals surface area (Å²) >= 11 is 0. The fourth-order valence-corrected chi connectivity index (χ4v) is 0.895. The average molecular weight is 168 g/mol. The lowest BCUT2D eigenvalue weighted by Gasteiger charge is -1.97. The van der Waals surface area contributed by atoms with Crippen LogP contribution in [0.15, 0.2) is 16.5 Å². The van der Waals surface area contributed by atoms with Gasteiger partial charge in [-0.3, -0.25) is 0 Å². The van der Waals surface area contributed by atoms with Crippen LogP contribution in [0.4, 0.5) is 0 Å². The molecule has 1 rings (SSSR count). The van der Waals surface area contributed by atoms with E-state index in [0.29, 0.717) is 5.92 Å². The van der Waals surface area contributed by atoms with Crippen LogP contribution in [0.3, 0.4) is 0 Å². The number of hydrogen-bond donors (Lipinski definition) is 0. The number of rotatable bonds is 2. The minimum atomic E-state index is 0.514. The highest BCUT2D eigenvalue weighted by atomic mass is 16.3. The molecule has 0 atom stereocenters. The topological polar surface area (TPSA) is 13.1 Å². The number of aryl methyl sites for hydroxylation is 1. The average Bonchev–Trinajstić information content (AvgIpc) is 2.55. The summed E-state index contributed by atoms with van der Waals surface area (Å²) in [6, 6.07) is 4.11. The summed E-state index contributed by atoms with van der Waals surface area (Å²) in [6.45, 7) is 10.4. The van der Waals surface area contributed by atoms with Crippen LogP contribution in [0.1, 0.15) is 52.1 Å². The van der Waals surface area contributed by atoms with Crippen molar-refractivity contribution < 1.29 is 4.42 Å². The molecule has 0 saturated carbocycles. The molecule has 12 heavy (non-hydrogen) atoms. The monoisotopic (exact) mass is 168 g/mol. The molecule has 70 valence electrons. The highest BCUT2D eigenvalue weighted by molar-refractivity contribution is 5.09. The highest BCUT2D eigenvalue weighted by Crippen LogP contribution is 2.17. The predicted octanol–water partition coefficient (Wildman–Crippen LogP) is 3.99. The van der Waals surface area contributed by atoms with Crippen molar-refractivity contribution in [1.82, 2.24) is 0 Å². The standard InChI is InChI=1S/C9H14O.C2H6/c1-4-8-5-6-9(10-8)7(2)3;1-2/h5-7H,4H2,1-3H3;1-2H3. The largest absolute Gasteiger partial charge is 0.466 e. The highest BCUT2D eigenvalue weighted by Gasteiger charge is 2.02. The third-order valence-electron chi connectivity index (χ3n) is 1.60. The molecule has 1 nitrogen and oxygen atoms in total. The smallest absolute Gasteiger partial charge is 0.106 e. The van der Waals surface area contributed by atoms with Gasteiger partial charge in [-0.2, -0.15) is 0 Å². The summed E-state index contributed by atoms with van der Waals surface area (Å²) in [6.07, 6.45) is 0.993. The van der Waals surface area contributed by atoms with E-state index in [9.17, 15) is 0 Å². The van der Waals surface area contributed by atoms with E-state index in [4.69, 9.17) is 4.42 Å². The number of furan rings is 1. The molecule has 1 heterocycles. The Hall–Kier alpha value is -0.720. The van der Waals surface area contributed by atoms with Gasteiger partial charge in [-0.05, 0) is 12.1 Å². The van der Waals surface area contributed by atoms with Crippen molar-refractivity contribution in [3.63, 3.8) is 0 Å². The lowest BCUT2D eigenvalue weighted by atomic mass is 10.2. The quantitative estimate of drug-likeness (QED) is 0.650. The van der Waals surface area contributed by atoms with Crippen molar-refractivity contribution >= 4 is 0 Å². The molecule has 1 aromatic heterocycles. The molecular weight excluding hydrogens is 148 g/mol. The van der Waals surface area contributed by atoms with Gasteiger partial charge in [0.1, 0.15) is 11.5 Å². The van der Waals surface area contributed by atoms with Gasteiger partial charge in [0.2, 0.25) is 0 Å². The van der Waals surface area contributed by atoms with Gasteiger partial charge in [0.05, 0.1) is 0 Å².